The summed E-state index contributed by atoms with van der Waals surface area (Å²) in [4.78, 5) is 0. The molecule has 0 aliphatic carbocycles. The maximum atomic E-state index is 13.4. The van der Waals surface area contributed by atoms with Gasteiger partial charge in [-0.2, -0.15) is 0 Å². The van der Waals surface area contributed by atoms with E-state index < -0.39 is 0 Å². The Labute approximate surface area is 133 Å². The summed E-state index contributed by atoms with van der Waals surface area (Å²) in [5.41, 5.74) is 2.17. The predicted molar refractivity (Wildman–Crippen MR) is 86.9 cm³/mol. The van der Waals surface area contributed by atoms with Crippen molar-refractivity contribution in [1.82, 2.24) is 5.32 Å². The van der Waals surface area contributed by atoms with Gasteiger partial charge in [-0.1, -0.05) is 25.1 Å². The predicted octanol–water partition coefficient (Wildman–Crippen LogP) is 4.58. The molecule has 0 radical (unpaired) electrons. The number of aromatic hydroxyl groups is 1. The first-order valence-corrected chi connectivity index (χ1v) is 7.85. The molecule has 2 aromatic rings. The topological polar surface area (TPSA) is 32.3 Å². The quantitative estimate of drug-likeness (QED) is 0.798. The molecular formula is C17H19BrFNO. The van der Waals surface area contributed by atoms with Gasteiger partial charge in [-0.3, -0.25) is 0 Å². The number of hydrogen-bond donors (Lipinski definition) is 2. The number of phenols is 1. The van der Waals surface area contributed by atoms with E-state index in [1.165, 1.54) is 6.07 Å². The number of hydrogen-bond acceptors (Lipinski definition) is 2. The van der Waals surface area contributed by atoms with Crippen molar-refractivity contribution in [1.29, 1.82) is 0 Å². The minimum atomic E-state index is -0.252. The number of phenolic OH excluding ortho intramolecular Hbond substituents is 1. The van der Waals surface area contributed by atoms with Crippen molar-refractivity contribution in [3.05, 3.63) is 63.9 Å². The molecule has 0 fully saturated rings. The second-order valence-corrected chi connectivity index (χ2v) is 5.91. The van der Waals surface area contributed by atoms with E-state index in [1.807, 2.05) is 24.3 Å². The summed E-state index contributed by atoms with van der Waals surface area (Å²) >= 11 is 3.24. The van der Waals surface area contributed by atoms with Crippen LogP contribution in [0.5, 0.6) is 5.75 Å². The van der Waals surface area contributed by atoms with Crippen LogP contribution in [-0.2, 0) is 6.42 Å². The number of halogens is 2. The molecule has 0 saturated heterocycles. The average molecular weight is 352 g/mol. The lowest BCUT2D eigenvalue weighted by atomic mass is 9.98. The van der Waals surface area contributed by atoms with E-state index in [0.29, 0.717) is 4.47 Å². The van der Waals surface area contributed by atoms with E-state index in [1.54, 1.807) is 12.1 Å². The molecule has 0 heterocycles. The van der Waals surface area contributed by atoms with Gasteiger partial charge in [0.05, 0.1) is 4.47 Å². The second kappa shape index (κ2) is 7.57. The number of benzene rings is 2. The second-order valence-electron chi connectivity index (χ2n) is 5.05. The SMILES string of the molecule is CCCNC(Cc1ccc(O)cc1)c1ccc(F)c(Br)c1. The van der Waals surface area contributed by atoms with Gasteiger partial charge in [0.2, 0.25) is 0 Å². The molecule has 1 unspecified atom stereocenters. The van der Waals surface area contributed by atoms with Gasteiger partial charge in [0.15, 0.2) is 0 Å². The maximum Gasteiger partial charge on any atom is 0.137 e. The Bertz CT molecular complexity index is 586. The Kier molecular flexibility index (Phi) is 5.76. The van der Waals surface area contributed by atoms with Gasteiger partial charge in [0, 0.05) is 6.04 Å². The Morgan fingerprint density at radius 1 is 1.19 bits per heavy atom. The molecule has 2 rings (SSSR count). The smallest absolute Gasteiger partial charge is 0.137 e. The molecule has 0 aliphatic heterocycles. The van der Waals surface area contributed by atoms with Gasteiger partial charge in [-0.15, -0.1) is 0 Å². The molecule has 0 spiro atoms. The molecule has 0 aliphatic rings. The van der Waals surface area contributed by atoms with Crippen molar-refractivity contribution in [2.45, 2.75) is 25.8 Å². The van der Waals surface area contributed by atoms with Crippen LogP contribution < -0.4 is 5.32 Å². The number of rotatable bonds is 6. The summed E-state index contributed by atoms with van der Waals surface area (Å²) in [5, 5.41) is 12.8. The molecule has 0 amide bonds. The largest absolute Gasteiger partial charge is 0.508 e. The highest BCUT2D eigenvalue weighted by Crippen LogP contribution is 2.24. The van der Waals surface area contributed by atoms with Gasteiger partial charge >= 0.3 is 0 Å². The summed E-state index contributed by atoms with van der Waals surface area (Å²) in [5.74, 6) is 0.0129. The highest BCUT2D eigenvalue weighted by Gasteiger charge is 2.13. The fourth-order valence-electron chi connectivity index (χ4n) is 2.22. The Hall–Kier alpha value is -1.39. The Morgan fingerprint density at radius 2 is 1.90 bits per heavy atom. The van der Waals surface area contributed by atoms with E-state index in [0.717, 1.165) is 30.5 Å². The lowest BCUT2D eigenvalue weighted by molar-refractivity contribution is 0.474. The van der Waals surface area contributed by atoms with Gasteiger partial charge in [0.1, 0.15) is 11.6 Å². The van der Waals surface area contributed by atoms with Crippen LogP contribution in [0.15, 0.2) is 46.9 Å². The Balaban J connectivity index is 2.20. The zero-order valence-electron chi connectivity index (χ0n) is 11.9. The average Bonchev–Trinajstić information content (AvgIpc) is 2.48. The minimum Gasteiger partial charge on any atom is -0.508 e. The molecule has 112 valence electrons. The lowest BCUT2D eigenvalue weighted by Crippen LogP contribution is -2.24. The lowest BCUT2D eigenvalue weighted by Gasteiger charge is -2.19. The first kappa shape index (κ1) is 16.0. The summed E-state index contributed by atoms with van der Waals surface area (Å²) in [7, 11) is 0. The van der Waals surface area contributed by atoms with Crippen molar-refractivity contribution < 1.29 is 9.50 Å². The third-order valence-corrected chi connectivity index (χ3v) is 3.97. The minimum absolute atomic E-state index is 0.117. The molecule has 0 saturated carbocycles. The Morgan fingerprint density at radius 3 is 2.52 bits per heavy atom. The van der Waals surface area contributed by atoms with Crippen LogP contribution in [0.1, 0.15) is 30.5 Å². The van der Waals surface area contributed by atoms with Gasteiger partial charge in [0.25, 0.3) is 0 Å². The summed E-state index contributed by atoms with van der Waals surface area (Å²) < 4.78 is 13.9. The van der Waals surface area contributed by atoms with Crippen LogP contribution in [0.4, 0.5) is 4.39 Å². The molecule has 4 heteroatoms. The molecule has 2 nitrogen and oxygen atoms in total. The fourth-order valence-corrected chi connectivity index (χ4v) is 2.62. The van der Waals surface area contributed by atoms with Gasteiger partial charge in [-0.05, 0) is 70.7 Å². The molecule has 21 heavy (non-hydrogen) atoms. The monoisotopic (exact) mass is 351 g/mol. The van der Waals surface area contributed by atoms with Crippen LogP contribution >= 0.6 is 15.9 Å². The van der Waals surface area contributed by atoms with Crippen LogP contribution in [0, 0.1) is 5.82 Å². The molecule has 0 aromatic heterocycles. The van der Waals surface area contributed by atoms with Crippen molar-refractivity contribution in [3.63, 3.8) is 0 Å². The van der Waals surface area contributed by atoms with Crippen molar-refractivity contribution in [2.24, 2.45) is 0 Å². The fraction of sp³-hybridized carbons (Fsp3) is 0.294. The molecule has 0 bridgehead atoms. The van der Waals surface area contributed by atoms with Crippen LogP contribution in [-0.4, -0.2) is 11.7 Å². The highest BCUT2D eigenvalue weighted by molar-refractivity contribution is 9.10. The van der Waals surface area contributed by atoms with E-state index >= 15 is 0 Å². The zero-order valence-corrected chi connectivity index (χ0v) is 13.5. The molecule has 2 aromatic carbocycles. The van der Waals surface area contributed by atoms with Crippen molar-refractivity contribution in [2.75, 3.05) is 6.54 Å². The van der Waals surface area contributed by atoms with Gasteiger partial charge < -0.3 is 10.4 Å². The number of nitrogens with one attached hydrogen (secondary N) is 1. The summed E-state index contributed by atoms with van der Waals surface area (Å²) in [6.07, 6.45) is 1.83. The van der Waals surface area contributed by atoms with Crippen LogP contribution in [0.3, 0.4) is 0 Å². The first-order valence-electron chi connectivity index (χ1n) is 7.06. The molecule has 1 atom stereocenters. The molecular weight excluding hydrogens is 333 g/mol. The normalized spacial score (nSPS) is 12.3. The van der Waals surface area contributed by atoms with E-state index in [9.17, 15) is 9.50 Å². The van der Waals surface area contributed by atoms with Crippen LogP contribution in [0.2, 0.25) is 0 Å². The summed E-state index contributed by atoms with van der Waals surface area (Å²) in [6.45, 7) is 3.02. The van der Waals surface area contributed by atoms with Gasteiger partial charge in [-0.25, -0.2) is 4.39 Å². The van der Waals surface area contributed by atoms with E-state index in [4.69, 9.17) is 0 Å². The third kappa shape index (κ3) is 4.55. The standard InChI is InChI=1S/C17H19BrFNO/c1-2-9-20-17(10-12-3-6-14(21)7-4-12)13-5-8-16(19)15(18)11-13/h3-8,11,17,20-21H,2,9-10H2,1H3. The first-order chi connectivity index (χ1) is 10.1. The maximum absolute atomic E-state index is 13.4. The highest BCUT2D eigenvalue weighted by atomic mass is 79.9. The third-order valence-electron chi connectivity index (χ3n) is 3.36. The zero-order chi connectivity index (χ0) is 15.2. The van der Waals surface area contributed by atoms with Crippen molar-refractivity contribution in [3.8, 4) is 5.75 Å². The van der Waals surface area contributed by atoms with E-state index in [2.05, 4.69) is 28.2 Å². The van der Waals surface area contributed by atoms with Crippen molar-refractivity contribution >= 4 is 15.9 Å². The molecule has 2 N–H and O–H groups in total. The van der Waals surface area contributed by atoms with Crippen LogP contribution in [0.25, 0.3) is 0 Å². The van der Waals surface area contributed by atoms with E-state index in [-0.39, 0.29) is 17.6 Å². The summed E-state index contributed by atoms with van der Waals surface area (Å²) in [6, 6.07) is 12.4.